The number of nitro benzene ring substituents is 1. The highest BCUT2D eigenvalue weighted by Gasteiger charge is 2.33. The van der Waals surface area contributed by atoms with Gasteiger partial charge in [-0.1, -0.05) is 18.2 Å². The summed E-state index contributed by atoms with van der Waals surface area (Å²) in [6.45, 7) is 2.43. The van der Waals surface area contributed by atoms with Crippen molar-refractivity contribution in [3.8, 4) is 0 Å². The average molecular weight is 452 g/mol. The maximum Gasteiger partial charge on any atom is 0.414 e. The van der Waals surface area contributed by atoms with Gasteiger partial charge < -0.3 is 10.2 Å². The number of sulfonamides is 1. The Kier molecular flexibility index (Phi) is 8.13. The first-order chi connectivity index (χ1) is 14.6. The monoisotopic (exact) mass is 452 g/mol. The van der Waals surface area contributed by atoms with Gasteiger partial charge in [-0.15, -0.1) is 0 Å². The number of piperazine rings is 1. The van der Waals surface area contributed by atoms with E-state index in [9.17, 15) is 18.5 Å². The molecule has 2 aromatic rings. The van der Waals surface area contributed by atoms with E-state index in [2.05, 4.69) is 9.88 Å². The average Bonchev–Trinajstić information content (AvgIpc) is 2.75. The van der Waals surface area contributed by atoms with Crippen LogP contribution >= 0.6 is 0 Å². The lowest BCUT2D eigenvalue weighted by Crippen LogP contribution is -2.48. The van der Waals surface area contributed by atoms with Gasteiger partial charge in [-0.2, -0.15) is 4.31 Å². The molecule has 166 valence electrons. The number of carboxylic acid groups (broad SMARTS) is 2. The molecule has 1 fully saturated rings. The van der Waals surface area contributed by atoms with E-state index >= 15 is 0 Å². The third-order valence-corrected chi connectivity index (χ3v) is 6.27. The Bertz CT molecular complexity index is 1030. The molecule has 0 aliphatic carbocycles. The number of para-hydroxylation sites is 1. The molecule has 1 saturated heterocycles. The van der Waals surface area contributed by atoms with Gasteiger partial charge in [0.05, 0.1) is 4.92 Å². The molecule has 3 rings (SSSR count). The first-order valence-corrected chi connectivity index (χ1v) is 10.4. The van der Waals surface area contributed by atoms with Crippen LogP contribution in [0.3, 0.4) is 0 Å². The molecule has 1 aliphatic rings. The summed E-state index contributed by atoms with van der Waals surface area (Å²) in [6, 6.07) is 9.30. The number of nitrogens with zero attached hydrogens (tertiary/aromatic N) is 4. The standard InChI is InChI=1S/C16H18N4O4S.C2H2O4/c21-20(22)15-5-1-2-6-16(15)25(23,24)19-10-8-18(9-11-19)13-14-4-3-7-17-12-14;3-1(4)2(5)6/h1-7,12H,8-11,13H2;(H,3,4)(H,5,6). The normalized spacial score (nSPS) is 14.8. The van der Waals surface area contributed by atoms with Crippen LogP contribution in [0.15, 0.2) is 53.7 Å². The second-order valence-electron chi connectivity index (χ2n) is 6.38. The summed E-state index contributed by atoms with van der Waals surface area (Å²) in [4.78, 5) is 34.6. The van der Waals surface area contributed by atoms with Crippen molar-refractivity contribution >= 4 is 27.6 Å². The molecule has 12 nitrogen and oxygen atoms in total. The van der Waals surface area contributed by atoms with Gasteiger partial charge >= 0.3 is 11.9 Å². The topological polar surface area (TPSA) is 171 Å². The minimum Gasteiger partial charge on any atom is -0.473 e. The number of pyridine rings is 1. The second-order valence-corrected chi connectivity index (χ2v) is 8.28. The van der Waals surface area contributed by atoms with Crippen molar-refractivity contribution < 1.29 is 33.1 Å². The van der Waals surface area contributed by atoms with Crippen LogP contribution in [0.25, 0.3) is 0 Å². The lowest BCUT2D eigenvalue weighted by atomic mass is 10.2. The zero-order chi connectivity index (χ0) is 23.0. The molecule has 1 aromatic heterocycles. The Labute approximate surface area is 177 Å². The van der Waals surface area contributed by atoms with E-state index in [1.807, 2.05) is 12.1 Å². The number of rotatable bonds is 5. The predicted molar refractivity (Wildman–Crippen MR) is 107 cm³/mol. The van der Waals surface area contributed by atoms with Crippen molar-refractivity contribution in [1.82, 2.24) is 14.2 Å². The Balaban J connectivity index is 0.000000501. The second kappa shape index (κ2) is 10.6. The van der Waals surface area contributed by atoms with Crippen LogP contribution in [-0.2, 0) is 26.2 Å². The molecule has 2 heterocycles. The van der Waals surface area contributed by atoms with Crippen molar-refractivity contribution in [2.24, 2.45) is 0 Å². The summed E-state index contributed by atoms with van der Waals surface area (Å²) in [6.07, 6.45) is 3.50. The van der Waals surface area contributed by atoms with Crippen LogP contribution in [0.2, 0.25) is 0 Å². The van der Waals surface area contributed by atoms with Gasteiger partial charge in [-0.05, 0) is 17.7 Å². The molecule has 0 bridgehead atoms. The summed E-state index contributed by atoms with van der Waals surface area (Å²) in [5, 5.41) is 25.9. The summed E-state index contributed by atoms with van der Waals surface area (Å²) in [5.41, 5.74) is 0.679. The smallest absolute Gasteiger partial charge is 0.414 e. The fourth-order valence-corrected chi connectivity index (χ4v) is 4.42. The van der Waals surface area contributed by atoms with Crippen molar-refractivity contribution in [1.29, 1.82) is 0 Å². The number of benzene rings is 1. The van der Waals surface area contributed by atoms with Crippen LogP contribution in [0, 0.1) is 10.1 Å². The number of aliphatic carboxylic acids is 2. The number of nitro groups is 1. The summed E-state index contributed by atoms with van der Waals surface area (Å²) < 4.78 is 26.9. The summed E-state index contributed by atoms with van der Waals surface area (Å²) in [7, 11) is -3.88. The first-order valence-electron chi connectivity index (χ1n) is 8.94. The third kappa shape index (κ3) is 6.53. The molecular formula is C18H20N4O8S. The molecule has 0 amide bonds. The SMILES string of the molecule is O=C(O)C(=O)O.O=[N+]([O-])c1ccccc1S(=O)(=O)N1CCN(Cc2cccnc2)CC1. The molecule has 0 atom stereocenters. The van der Waals surface area contributed by atoms with Gasteiger partial charge in [0.1, 0.15) is 0 Å². The van der Waals surface area contributed by atoms with Crippen LogP contribution in [0.4, 0.5) is 5.69 Å². The van der Waals surface area contributed by atoms with E-state index in [0.29, 0.717) is 32.7 Å². The maximum atomic E-state index is 12.8. The molecule has 0 radical (unpaired) electrons. The zero-order valence-corrected chi connectivity index (χ0v) is 17.0. The van der Waals surface area contributed by atoms with E-state index in [4.69, 9.17) is 19.8 Å². The van der Waals surface area contributed by atoms with Gasteiger partial charge in [0.15, 0.2) is 4.90 Å². The number of hydrogen-bond acceptors (Lipinski definition) is 8. The van der Waals surface area contributed by atoms with Crippen molar-refractivity contribution in [2.45, 2.75) is 11.4 Å². The van der Waals surface area contributed by atoms with Gasteiger partial charge in [-0.3, -0.25) is 20.0 Å². The van der Waals surface area contributed by atoms with E-state index in [-0.39, 0.29) is 10.6 Å². The van der Waals surface area contributed by atoms with Crippen molar-refractivity contribution in [3.63, 3.8) is 0 Å². The first kappa shape index (κ1) is 23.9. The van der Waals surface area contributed by atoms with Crippen molar-refractivity contribution in [3.05, 3.63) is 64.5 Å². The van der Waals surface area contributed by atoms with Crippen LogP contribution in [-0.4, -0.2) is 75.9 Å². The van der Waals surface area contributed by atoms with Crippen LogP contribution in [0.5, 0.6) is 0 Å². The number of hydrogen-bond donors (Lipinski definition) is 2. The van der Waals surface area contributed by atoms with E-state index in [0.717, 1.165) is 5.56 Å². The Morgan fingerprint density at radius 2 is 1.65 bits per heavy atom. The van der Waals surface area contributed by atoms with Crippen molar-refractivity contribution in [2.75, 3.05) is 26.2 Å². The summed E-state index contributed by atoms with van der Waals surface area (Å²) in [5.74, 6) is -3.65. The molecule has 0 unspecified atom stereocenters. The van der Waals surface area contributed by atoms with Gasteiger partial charge in [0.25, 0.3) is 5.69 Å². The minimum absolute atomic E-state index is 0.249. The lowest BCUT2D eigenvalue weighted by molar-refractivity contribution is -0.387. The fourth-order valence-electron chi connectivity index (χ4n) is 2.84. The Hall–Kier alpha value is -3.42. The highest BCUT2D eigenvalue weighted by Crippen LogP contribution is 2.27. The Morgan fingerprint density at radius 3 is 2.16 bits per heavy atom. The highest BCUT2D eigenvalue weighted by atomic mass is 32.2. The van der Waals surface area contributed by atoms with E-state index < -0.39 is 26.9 Å². The molecule has 2 N–H and O–H groups in total. The van der Waals surface area contributed by atoms with Gasteiger partial charge in [0, 0.05) is 51.2 Å². The number of carbonyl (C=O) groups is 2. The highest BCUT2D eigenvalue weighted by molar-refractivity contribution is 7.89. The maximum absolute atomic E-state index is 12.8. The van der Waals surface area contributed by atoms with Gasteiger partial charge in [-0.25, -0.2) is 18.0 Å². The molecular weight excluding hydrogens is 432 g/mol. The molecule has 0 saturated carbocycles. The van der Waals surface area contributed by atoms with E-state index in [1.165, 1.54) is 28.6 Å². The molecule has 13 heteroatoms. The quantitative estimate of drug-likeness (QED) is 0.373. The summed E-state index contributed by atoms with van der Waals surface area (Å²) >= 11 is 0. The fraction of sp³-hybridized carbons (Fsp3) is 0.278. The lowest BCUT2D eigenvalue weighted by Gasteiger charge is -2.33. The predicted octanol–water partition coefficient (Wildman–Crippen LogP) is 0.652. The largest absolute Gasteiger partial charge is 0.473 e. The molecule has 0 spiro atoms. The van der Waals surface area contributed by atoms with Gasteiger partial charge in [0.2, 0.25) is 10.0 Å². The Morgan fingerprint density at radius 1 is 1.03 bits per heavy atom. The molecule has 1 aromatic carbocycles. The molecule has 1 aliphatic heterocycles. The van der Waals surface area contributed by atoms with E-state index in [1.54, 1.807) is 12.4 Å². The van der Waals surface area contributed by atoms with Crippen LogP contribution in [0.1, 0.15) is 5.56 Å². The number of aromatic nitrogens is 1. The molecule has 31 heavy (non-hydrogen) atoms. The van der Waals surface area contributed by atoms with Crippen LogP contribution < -0.4 is 0 Å². The third-order valence-electron chi connectivity index (χ3n) is 4.32. The number of carboxylic acids is 2. The zero-order valence-electron chi connectivity index (χ0n) is 16.2. The minimum atomic E-state index is -3.88.